The average molecular weight is 589 g/mol. The van der Waals surface area contributed by atoms with Crippen LogP contribution < -0.4 is 9.47 Å². The number of hydrogen-bond donors (Lipinski definition) is 3. The number of carboxylic acids is 1. The van der Waals surface area contributed by atoms with Crippen LogP contribution in [-0.4, -0.2) is 48.6 Å². The van der Waals surface area contributed by atoms with Gasteiger partial charge in [0.25, 0.3) is 0 Å². The van der Waals surface area contributed by atoms with Gasteiger partial charge in [-0.2, -0.15) is 0 Å². The fraction of sp³-hybridized carbons (Fsp3) is 0.594. The van der Waals surface area contributed by atoms with E-state index < -0.39 is 10.6 Å². The Labute approximate surface area is 247 Å². The average Bonchev–Trinajstić information content (AvgIpc) is 2.91. The molecule has 2 unspecified atom stereocenters. The van der Waals surface area contributed by atoms with Crippen molar-refractivity contribution in [1.82, 2.24) is 0 Å². The first kappa shape index (κ1) is 30.8. The van der Waals surface area contributed by atoms with Crippen LogP contribution in [0, 0.1) is 41.5 Å². The molecule has 2 aromatic rings. The predicted molar refractivity (Wildman–Crippen MR) is 165 cm³/mol. The molecule has 2 aliphatic rings. The highest BCUT2D eigenvalue weighted by Crippen LogP contribution is 2.46. The number of aliphatic carboxylic acids is 1. The summed E-state index contributed by atoms with van der Waals surface area (Å²) in [4.78, 5) is 12.1. The van der Waals surface area contributed by atoms with Crippen molar-refractivity contribution in [3.05, 3.63) is 44.5 Å². The summed E-state index contributed by atoms with van der Waals surface area (Å²) in [5.74, 6) is 3.06. The van der Waals surface area contributed by atoms with Gasteiger partial charge in [0.05, 0.1) is 0 Å². The van der Waals surface area contributed by atoms with E-state index in [0.717, 1.165) is 94.5 Å². The molecule has 2 atom stereocenters. The SMILES string of the molecule is Cc1c(C)c2c(c(C)c1O)CCC(C)(CCSC(SCCC1(C)CCc3c(C)c(O)c(C)c(C)c3O1)C(=O)O)O2. The summed E-state index contributed by atoms with van der Waals surface area (Å²) < 4.78 is 12.5. The summed E-state index contributed by atoms with van der Waals surface area (Å²) in [7, 11) is 0. The molecule has 3 N–H and O–H groups in total. The number of carboxylic acid groups (broad SMARTS) is 1. The molecule has 0 saturated carbocycles. The molecule has 40 heavy (non-hydrogen) atoms. The van der Waals surface area contributed by atoms with Gasteiger partial charge in [-0.15, -0.1) is 23.5 Å². The van der Waals surface area contributed by atoms with Gasteiger partial charge in [-0.1, -0.05) is 0 Å². The van der Waals surface area contributed by atoms with Gasteiger partial charge in [0.2, 0.25) is 0 Å². The number of phenols is 2. The van der Waals surface area contributed by atoms with E-state index in [1.165, 1.54) is 23.5 Å². The number of ether oxygens (including phenoxy) is 2. The van der Waals surface area contributed by atoms with Crippen molar-refractivity contribution >= 4 is 29.5 Å². The second-order valence-corrected chi connectivity index (χ2v) is 14.8. The number of hydrogen-bond acceptors (Lipinski definition) is 7. The summed E-state index contributed by atoms with van der Waals surface area (Å²) in [5.41, 5.74) is 6.91. The maximum absolute atomic E-state index is 12.1. The highest BCUT2D eigenvalue weighted by atomic mass is 32.2. The molecule has 0 saturated heterocycles. The third-order valence-corrected chi connectivity index (χ3v) is 11.9. The fourth-order valence-corrected chi connectivity index (χ4v) is 8.67. The van der Waals surface area contributed by atoms with Crippen LogP contribution in [0.5, 0.6) is 23.0 Å². The van der Waals surface area contributed by atoms with E-state index in [4.69, 9.17) is 9.47 Å². The maximum atomic E-state index is 12.1. The molecule has 0 aromatic heterocycles. The topological polar surface area (TPSA) is 96.2 Å². The van der Waals surface area contributed by atoms with Gasteiger partial charge >= 0.3 is 5.97 Å². The van der Waals surface area contributed by atoms with Crippen molar-refractivity contribution in [1.29, 1.82) is 0 Å². The number of benzene rings is 2. The minimum Gasteiger partial charge on any atom is -0.507 e. The summed E-state index contributed by atoms with van der Waals surface area (Å²) in [6.45, 7) is 15.9. The lowest BCUT2D eigenvalue weighted by molar-refractivity contribution is -0.134. The standard InChI is InChI=1S/C32H44O6S2/c1-17-19(3)27-23(21(5)25(17)33)9-11-31(7,37-27)13-15-39-30(29(35)36)40-16-14-32(8)12-10-24-22(6)26(34)18(2)20(4)28(24)38-32/h30,33-34H,9-16H2,1-8H3,(H,35,36). The zero-order valence-corrected chi connectivity index (χ0v) is 26.8. The van der Waals surface area contributed by atoms with Crippen LogP contribution in [0.3, 0.4) is 0 Å². The maximum Gasteiger partial charge on any atom is 0.326 e. The van der Waals surface area contributed by atoms with Gasteiger partial charge in [0.1, 0.15) is 38.8 Å². The van der Waals surface area contributed by atoms with Crippen molar-refractivity contribution in [2.75, 3.05) is 11.5 Å². The van der Waals surface area contributed by atoms with Crippen LogP contribution in [-0.2, 0) is 17.6 Å². The lowest BCUT2D eigenvalue weighted by Crippen LogP contribution is -2.38. The molecule has 0 amide bonds. The molecule has 2 aromatic carbocycles. The van der Waals surface area contributed by atoms with Gasteiger partial charge in [-0.3, -0.25) is 4.79 Å². The molecule has 0 spiro atoms. The molecule has 2 heterocycles. The van der Waals surface area contributed by atoms with Gasteiger partial charge < -0.3 is 24.8 Å². The van der Waals surface area contributed by atoms with E-state index in [9.17, 15) is 20.1 Å². The quantitative estimate of drug-likeness (QED) is 0.260. The van der Waals surface area contributed by atoms with Crippen LogP contribution in [0.1, 0.15) is 84.0 Å². The fourth-order valence-electron chi connectivity index (χ4n) is 5.90. The molecule has 0 bridgehead atoms. The van der Waals surface area contributed by atoms with Gasteiger partial charge in [-0.25, -0.2) is 0 Å². The normalized spacial score (nSPS) is 22.6. The van der Waals surface area contributed by atoms with Crippen LogP contribution >= 0.6 is 23.5 Å². The molecule has 0 fully saturated rings. The largest absolute Gasteiger partial charge is 0.507 e. The van der Waals surface area contributed by atoms with E-state index in [2.05, 4.69) is 13.8 Å². The zero-order valence-electron chi connectivity index (χ0n) is 25.1. The van der Waals surface area contributed by atoms with Gasteiger partial charge in [0, 0.05) is 11.1 Å². The molecule has 2 aliphatic heterocycles. The van der Waals surface area contributed by atoms with Crippen molar-refractivity contribution in [3.63, 3.8) is 0 Å². The molecular formula is C32H44O6S2. The molecular weight excluding hydrogens is 544 g/mol. The molecule has 0 aliphatic carbocycles. The van der Waals surface area contributed by atoms with Crippen LogP contribution in [0.25, 0.3) is 0 Å². The molecule has 8 heteroatoms. The first-order valence-electron chi connectivity index (χ1n) is 14.2. The summed E-state index contributed by atoms with van der Waals surface area (Å²) in [6, 6.07) is 0. The molecule has 220 valence electrons. The number of carbonyl (C=O) groups is 1. The molecule has 4 rings (SSSR count). The minimum atomic E-state index is -0.801. The van der Waals surface area contributed by atoms with Gasteiger partial charge in [-0.05, 0) is 139 Å². The van der Waals surface area contributed by atoms with Crippen molar-refractivity contribution < 1.29 is 29.6 Å². The zero-order chi connectivity index (χ0) is 29.6. The predicted octanol–water partition coefficient (Wildman–Crippen LogP) is 7.47. The van der Waals surface area contributed by atoms with E-state index in [1.807, 2.05) is 41.5 Å². The number of phenolic OH excluding ortho intramolecular Hbond substituents is 2. The first-order chi connectivity index (χ1) is 18.7. The smallest absolute Gasteiger partial charge is 0.326 e. The van der Waals surface area contributed by atoms with Crippen molar-refractivity contribution in [2.45, 2.75) is 110 Å². The monoisotopic (exact) mass is 588 g/mol. The third-order valence-electron chi connectivity index (χ3n) is 9.19. The Bertz CT molecular complexity index is 1230. The van der Waals surface area contributed by atoms with Crippen molar-refractivity contribution in [2.24, 2.45) is 0 Å². The van der Waals surface area contributed by atoms with E-state index in [1.54, 1.807) is 0 Å². The first-order valence-corrected chi connectivity index (χ1v) is 16.2. The van der Waals surface area contributed by atoms with E-state index in [0.29, 0.717) is 23.0 Å². The Morgan fingerprint density at radius 1 is 0.725 bits per heavy atom. The van der Waals surface area contributed by atoms with Gasteiger partial charge in [0.15, 0.2) is 0 Å². The Hall–Kier alpha value is -2.19. The summed E-state index contributed by atoms with van der Waals surface area (Å²) in [5, 5.41) is 30.8. The lowest BCUT2D eigenvalue weighted by Gasteiger charge is -2.38. The number of aromatic hydroxyl groups is 2. The van der Waals surface area contributed by atoms with Crippen LogP contribution in [0.4, 0.5) is 0 Å². The number of thioether (sulfide) groups is 2. The van der Waals surface area contributed by atoms with Crippen molar-refractivity contribution in [3.8, 4) is 23.0 Å². The third kappa shape index (κ3) is 5.89. The Morgan fingerprint density at radius 2 is 1.10 bits per heavy atom. The van der Waals surface area contributed by atoms with E-state index >= 15 is 0 Å². The Kier molecular flexibility index (Phi) is 8.92. The van der Waals surface area contributed by atoms with E-state index in [-0.39, 0.29) is 11.2 Å². The Morgan fingerprint density at radius 3 is 1.45 bits per heavy atom. The Balaban J connectivity index is 1.33. The second kappa shape index (κ2) is 11.6. The molecule has 6 nitrogen and oxygen atoms in total. The second-order valence-electron chi connectivity index (χ2n) is 12.1. The summed E-state index contributed by atoms with van der Waals surface area (Å²) in [6.07, 6.45) is 4.86. The summed E-state index contributed by atoms with van der Waals surface area (Å²) >= 11 is 2.95. The van der Waals surface area contributed by atoms with Crippen LogP contribution in [0.15, 0.2) is 0 Å². The number of fused-ring (bicyclic) bond motifs is 2. The van der Waals surface area contributed by atoms with Crippen LogP contribution in [0.2, 0.25) is 0 Å². The number of rotatable bonds is 9. The molecule has 0 radical (unpaired) electrons. The highest BCUT2D eigenvalue weighted by molar-refractivity contribution is 8.18. The lowest BCUT2D eigenvalue weighted by atomic mass is 9.86. The highest BCUT2D eigenvalue weighted by Gasteiger charge is 2.36. The minimum absolute atomic E-state index is 0.358.